The zero-order valence-corrected chi connectivity index (χ0v) is 24.3. The number of hydrogen-bond acceptors (Lipinski definition) is 7. The van der Waals surface area contributed by atoms with Crippen molar-refractivity contribution in [2.24, 2.45) is 11.5 Å². The van der Waals surface area contributed by atoms with Crippen LogP contribution in [0.1, 0.15) is 17.5 Å². The van der Waals surface area contributed by atoms with E-state index in [0.29, 0.717) is 10.6 Å². The Hall–Kier alpha value is -4.07. The van der Waals surface area contributed by atoms with Gasteiger partial charge < -0.3 is 37.7 Å². The SMILES string of the molecule is NCCC(=O)NCC(=O)N[C@@H](Cc1ccccc1Cl)C(=O)N[C@@H](CS)C(=O)N[C@@H](Cc1c[nH]c2ccccc12)C(N)=O. The Morgan fingerprint density at radius 3 is 2.17 bits per heavy atom. The molecule has 0 unspecified atom stereocenters. The fraction of sp³-hybridized carbons (Fsp3) is 0.321. The largest absolute Gasteiger partial charge is 0.368 e. The Bertz CT molecular complexity index is 1430. The number of hydrogen-bond donors (Lipinski definition) is 8. The van der Waals surface area contributed by atoms with Gasteiger partial charge in [0, 0.05) is 53.7 Å². The van der Waals surface area contributed by atoms with Crippen LogP contribution in [0.5, 0.6) is 0 Å². The minimum Gasteiger partial charge on any atom is -0.368 e. The van der Waals surface area contributed by atoms with E-state index in [0.717, 1.165) is 16.5 Å². The van der Waals surface area contributed by atoms with Gasteiger partial charge >= 0.3 is 0 Å². The normalized spacial score (nSPS) is 13.0. The molecule has 1 heterocycles. The molecule has 3 aromatic rings. The zero-order chi connectivity index (χ0) is 30.6. The van der Waals surface area contributed by atoms with E-state index in [1.165, 1.54) is 0 Å². The van der Waals surface area contributed by atoms with E-state index in [-0.39, 0.29) is 38.1 Å². The average molecular weight is 616 g/mol. The van der Waals surface area contributed by atoms with Crippen molar-refractivity contribution in [1.29, 1.82) is 0 Å². The quantitative estimate of drug-likeness (QED) is 0.110. The molecule has 1 aromatic heterocycles. The summed E-state index contributed by atoms with van der Waals surface area (Å²) in [5.74, 6) is -3.29. The van der Waals surface area contributed by atoms with Crippen LogP contribution in [0.2, 0.25) is 5.02 Å². The van der Waals surface area contributed by atoms with Crippen molar-refractivity contribution in [3.05, 3.63) is 70.9 Å². The Kier molecular flexibility index (Phi) is 12.2. The molecular formula is C28H34ClN7O5S. The van der Waals surface area contributed by atoms with Crippen LogP contribution in [-0.2, 0) is 36.8 Å². The van der Waals surface area contributed by atoms with Crippen molar-refractivity contribution in [3.63, 3.8) is 0 Å². The molecule has 0 fully saturated rings. The summed E-state index contributed by atoms with van der Waals surface area (Å²) in [6, 6.07) is 10.9. The Morgan fingerprint density at radius 2 is 1.48 bits per heavy atom. The highest BCUT2D eigenvalue weighted by atomic mass is 35.5. The van der Waals surface area contributed by atoms with Gasteiger partial charge in [-0.2, -0.15) is 12.6 Å². The second kappa shape index (κ2) is 15.8. The van der Waals surface area contributed by atoms with E-state index < -0.39 is 47.7 Å². The number of para-hydroxylation sites is 1. The number of carbonyl (C=O) groups excluding carboxylic acids is 5. The monoisotopic (exact) mass is 615 g/mol. The molecule has 0 aliphatic carbocycles. The average Bonchev–Trinajstić information content (AvgIpc) is 3.37. The summed E-state index contributed by atoms with van der Waals surface area (Å²) < 4.78 is 0. The first-order valence-electron chi connectivity index (χ1n) is 13.2. The van der Waals surface area contributed by atoms with Crippen LogP contribution in [0, 0.1) is 0 Å². The molecule has 0 radical (unpaired) electrons. The van der Waals surface area contributed by atoms with E-state index in [2.05, 4.69) is 38.9 Å². The fourth-order valence-electron chi connectivity index (χ4n) is 4.22. The molecule has 14 heteroatoms. The molecule has 0 aliphatic heterocycles. The Labute approximate surface area is 253 Å². The second-order valence-corrected chi connectivity index (χ2v) is 10.3. The van der Waals surface area contributed by atoms with Gasteiger partial charge in [0.2, 0.25) is 29.5 Å². The molecule has 9 N–H and O–H groups in total. The van der Waals surface area contributed by atoms with Crippen LogP contribution >= 0.6 is 24.2 Å². The molecule has 12 nitrogen and oxygen atoms in total. The Morgan fingerprint density at radius 1 is 0.833 bits per heavy atom. The van der Waals surface area contributed by atoms with Crippen molar-refractivity contribution in [3.8, 4) is 0 Å². The highest BCUT2D eigenvalue weighted by Crippen LogP contribution is 2.19. The van der Waals surface area contributed by atoms with Crippen molar-refractivity contribution in [2.45, 2.75) is 37.4 Å². The maximum absolute atomic E-state index is 13.3. The number of halogens is 1. The lowest BCUT2D eigenvalue weighted by Gasteiger charge is -2.24. The van der Waals surface area contributed by atoms with Gasteiger partial charge in [0.1, 0.15) is 18.1 Å². The maximum Gasteiger partial charge on any atom is 0.244 e. The maximum atomic E-state index is 13.3. The van der Waals surface area contributed by atoms with E-state index in [9.17, 15) is 24.0 Å². The van der Waals surface area contributed by atoms with Gasteiger partial charge in [0.05, 0.1) is 6.54 Å². The van der Waals surface area contributed by atoms with Gasteiger partial charge in [-0.3, -0.25) is 24.0 Å². The number of aromatic nitrogens is 1. The first kappa shape index (κ1) is 32.4. The topological polar surface area (TPSA) is 201 Å². The summed E-state index contributed by atoms with van der Waals surface area (Å²) in [4.78, 5) is 66.1. The molecule has 0 bridgehead atoms. The summed E-state index contributed by atoms with van der Waals surface area (Å²) in [6.07, 6.45) is 1.91. The molecule has 3 atom stereocenters. The number of nitrogens with two attached hydrogens (primary N) is 2. The van der Waals surface area contributed by atoms with Crippen LogP contribution in [0.3, 0.4) is 0 Å². The first-order chi connectivity index (χ1) is 20.1. The second-order valence-electron chi connectivity index (χ2n) is 9.50. The lowest BCUT2D eigenvalue weighted by atomic mass is 10.0. The standard InChI is InChI=1S/C28H34ClN7O5S/c29-19-7-3-1-5-16(19)11-22(34-25(38)14-33-24(37)9-10-30)27(40)36-23(15-42)28(41)35-21(26(31)39)12-17-13-32-20-8-4-2-6-18(17)20/h1-8,13,21-23,32,42H,9-12,14-15,30H2,(H2,31,39)(H,33,37)(H,34,38)(H,35,41)(H,36,40)/t21-,22-,23-/m0/s1. The van der Waals surface area contributed by atoms with E-state index >= 15 is 0 Å². The number of carbonyl (C=O) groups is 5. The van der Waals surface area contributed by atoms with Gasteiger partial charge in [0.15, 0.2) is 0 Å². The number of thiol groups is 1. The van der Waals surface area contributed by atoms with Crippen LogP contribution in [0.25, 0.3) is 10.9 Å². The summed E-state index contributed by atoms with van der Waals surface area (Å²) in [7, 11) is 0. The van der Waals surface area contributed by atoms with Crippen LogP contribution in [0.15, 0.2) is 54.7 Å². The number of benzene rings is 2. The third-order valence-corrected chi connectivity index (χ3v) is 7.16. The third kappa shape index (κ3) is 9.23. The molecule has 0 saturated heterocycles. The molecule has 0 spiro atoms. The van der Waals surface area contributed by atoms with Gasteiger partial charge in [-0.1, -0.05) is 48.0 Å². The lowest BCUT2D eigenvalue weighted by Crippen LogP contribution is -2.58. The predicted molar refractivity (Wildman–Crippen MR) is 163 cm³/mol. The van der Waals surface area contributed by atoms with Crippen LogP contribution in [0.4, 0.5) is 0 Å². The summed E-state index contributed by atoms with van der Waals surface area (Å²) in [6.45, 7) is -0.258. The van der Waals surface area contributed by atoms with Crippen LogP contribution < -0.4 is 32.7 Å². The van der Waals surface area contributed by atoms with Gasteiger partial charge in [-0.05, 0) is 23.3 Å². The van der Waals surface area contributed by atoms with Crippen LogP contribution in [-0.4, -0.2) is 71.5 Å². The van der Waals surface area contributed by atoms with Gasteiger partial charge in [0.25, 0.3) is 0 Å². The molecule has 224 valence electrons. The van der Waals surface area contributed by atoms with Crippen molar-refractivity contribution in [2.75, 3.05) is 18.8 Å². The number of nitrogens with one attached hydrogen (secondary N) is 5. The highest BCUT2D eigenvalue weighted by Gasteiger charge is 2.29. The van der Waals surface area contributed by atoms with E-state index in [1.54, 1.807) is 30.5 Å². The number of aromatic amines is 1. The molecule has 0 saturated carbocycles. The molecular weight excluding hydrogens is 582 g/mol. The van der Waals surface area contributed by atoms with Gasteiger partial charge in [-0.15, -0.1) is 0 Å². The summed E-state index contributed by atoms with van der Waals surface area (Å²) in [5.41, 5.74) is 13.2. The molecule has 0 aliphatic rings. The fourth-order valence-corrected chi connectivity index (χ4v) is 4.69. The zero-order valence-electron chi connectivity index (χ0n) is 22.7. The Balaban J connectivity index is 1.71. The number of rotatable bonds is 15. The minimum absolute atomic E-state index is 0.000617. The predicted octanol–water partition coefficient (Wildman–Crippen LogP) is -0.0590. The third-order valence-electron chi connectivity index (χ3n) is 6.43. The van der Waals surface area contributed by atoms with Crippen molar-refractivity contribution >= 4 is 64.7 Å². The summed E-state index contributed by atoms with van der Waals surface area (Å²) in [5, 5.41) is 11.4. The number of primary amides is 1. The van der Waals surface area contributed by atoms with Crippen molar-refractivity contribution < 1.29 is 24.0 Å². The lowest BCUT2D eigenvalue weighted by molar-refractivity contribution is -0.133. The van der Waals surface area contributed by atoms with Crippen molar-refractivity contribution in [1.82, 2.24) is 26.3 Å². The smallest absolute Gasteiger partial charge is 0.244 e. The number of fused-ring (bicyclic) bond motifs is 1. The molecule has 3 rings (SSSR count). The molecule has 42 heavy (non-hydrogen) atoms. The summed E-state index contributed by atoms with van der Waals surface area (Å²) >= 11 is 10.5. The highest BCUT2D eigenvalue weighted by molar-refractivity contribution is 7.80. The van der Waals surface area contributed by atoms with E-state index in [4.69, 9.17) is 23.1 Å². The molecule has 2 aromatic carbocycles. The number of H-pyrrole nitrogens is 1. The minimum atomic E-state index is -1.17. The van der Waals surface area contributed by atoms with Gasteiger partial charge in [-0.25, -0.2) is 0 Å². The number of amides is 5. The van der Waals surface area contributed by atoms with E-state index in [1.807, 2.05) is 24.3 Å². The molecule has 5 amide bonds. The first-order valence-corrected chi connectivity index (χ1v) is 14.2.